The van der Waals surface area contributed by atoms with E-state index in [0.717, 1.165) is 0 Å². The first-order chi connectivity index (χ1) is 9.70. The molecule has 0 saturated heterocycles. The number of ether oxygens (including phenoxy) is 1. The van der Waals surface area contributed by atoms with Crippen LogP contribution in [0.3, 0.4) is 0 Å². The van der Waals surface area contributed by atoms with Gasteiger partial charge in [-0.3, -0.25) is 9.69 Å². The van der Waals surface area contributed by atoms with Gasteiger partial charge in [-0.1, -0.05) is 18.2 Å². The fourth-order valence-electron chi connectivity index (χ4n) is 2.64. The van der Waals surface area contributed by atoms with Crippen molar-refractivity contribution in [1.29, 1.82) is 0 Å². The number of amides is 1. The van der Waals surface area contributed by atoms with E-state index in [2.05, 4.69) is 0 Å². The number of aliphatic carboxylic acids is 1. The molecule has 21 heavy (non-hydrogen) atoms. The molecule has 1 amide bonds. The van der Waals surface area contributed by atoms with Crippen LogP contribution in [0.4, 0.5) is 10.5 Å². The van der Waals surface area contributed by atoms with Gasteiger partial charge in [-0.05, 0) is 45.7 Å². The standard InChI is InChI=1S/C16H21NO4/c1-10-9-12(14(18)19)11-7-5-6-8-13(11)17(10)15(20)21-16(2,3)4/h5-8,10,12H,9H2,1-4H3,(H,18,19). The predicted molar refractivity (Wildman–Crippen MR) is 79.6 cm³/mol. The van der Waals surface area contributed by atoms with Gasteiger partial charge in [0.25, 0.3) is 0 Å². The van der Waals surface area contributed by atoms with E-state index in [0.29, 0.717) is 17.7 Å². The molecule has 1 aromatic rings. The summed E-state index contributed by atoms with van der Waals surface area (Å²) < 4.78 is 5.44. The molecule has 114 valence electrons. The fraction of sp³-hybridized carbons (Fsp3) is 0.500. The largest absolute Gasteiger partial charge is 0.481 e. The van der Waals surface area contributed by atoms with E-state index >= 15 is 0 Å². The summed E-state index contributed by atoms with van der Waals surface area (Å²) in [6.45, 7) is 7.28. The Bertz CT molecular complexity index is 562. The number of carboxylic acid groups (broad SMARTS) is 1. The number of nitrogens with zero attached hydrogens (tertiary/aromatic N) is 1. The maximum atomic E-state index is 12.4. The Hall–Kier alpha value is -2.04. The molecule has 2 rings (SSSR count). The van der Waals surface area contributed by atoms with Gasteiger partial charge in [0.15, 0.2) is 0 Å². The third-order valence-electron chi connectivity index (χ3n) is 3.48. The van der Waals surface area contributed by atoms with Gasteiger partial charge >= 0.3 is 12.1 Å². The lowest BCUT2D eigenvalue weighted by atomic mass is 9.86. The molecule has 1 aliphatic heterocycles. The van der Waals surface area contributed by atoms with E-state index in [1.807, 2.05) is 27.7 Å². The van der Waals surface area contributed by atoms with Gasteiger partial charge in [0, 0.05) is 6.04 Å². The lowest BCUT2D eigenvalue weighted by Crippen LogP contribution is -2.46. The number of hydrogen-bond acceptors (Lipinski definition) is 3. The first-order valence-electron chi connectivity index (χ1n) is 7.04. The van der Waals surface area contributed by atoms with E-state index in [1.54, 1.807) is 29.2 Å². The van der Waals surface area contributed by atoms with Crippen LogP contribution in [0, 0.1) is 0 Å². The lowest BCUT2D eigenvalue weighted by molar-refractivity contribution is -0.139. The molecule has 0 spiro atoms. The third-order valence-corrected chi connectivity index (χ3v) is 3.48. The Balaban J connectivity index is 2.41. The minimum Gasteiger partial charge on any atom is -0.481 e. The SMILES string of the molecule is CC1CC(C(=O)O)c2ccccc2N1C(=O)OC(C)(C)C. The van der Waals surface area contributed by atoms with Crippen LogP contribution in [0.15, 0.2) is 24.3 Å². The highest BCUT2D eigenvalue weighted by Gasteiger charge is 2.38. The van der Waals surface area contributed by atoms with Crippen LogP contribution in [-0.2, 0) is 9.53 Å². The fourth-order valence-corrected chi connectivity index (χ4v) is 2.64. The summed E-state index contributed by atoms with van der Waals surface area (Å²) >= 11 is 0. The van der Waals surface area contributed by atoms with Gasteiger partial charge in [0.1, 0.15) is 5.60 Å². The highest BCUT2D eigenvalue weighted by atomic mass is 16.6. The van der Waals surface area contributed by atoms with Crippen LogP contribution < -0.4 is 4.90 Å². The Labute approximate surface area is 124 Å². The number of carboxylic acids is 1. The maximum absolute atomic E-state index is 12.4. The Morgan fingerprint density at radius 3 is 2.48 bits per heavy atom. The zero-order valence-electron chi connectivity index (χ0n) is 12.8. The Morgan fingerprint density at radius 2 is 1.90 bits per heavy atom. The van der Waals surface area contributed by atoms with Crippen molar-refractivity contribution >= 4 is 17.7 Å². The van der Waals surface area contributed by atoms with Gasteiger partial charge in [-0.25, -0.2) is 4.79 Å². The van der Waals surface area contributed by atoms with E-state index in [9.17, 15) is 14.7 Å². The molecule has 2 unspecified atom stereocenters. The molecule has 0 aromatic heterocycles. The number of carbonyl (C=O) groups excluding carboxylic acids is 1. The van der Waals surface area contributed by atoms with Gasteiger partial charge < -0.3 is 9.84 Å². The molecular weight excluding hydrogens is 270 g/mol. The van der Waals surface area contributed by atoms with Crippen molar-refractivity contribution in [2.24, 2.45) is 0 Å². The summed E-state index contributed by atoms with van der Waals surface area (Å²) in [4.78, 5) is 25.4. The summed E-state index contributed by atoms with van der Waals surface area (Å²) in [7, 11) is 0. The molecule has 5 nitrogen and oxygen atoms in total. The van der Waals surface area contributed by atoms with Crippen molar-refractivity contribution in [1.82, 2.24) is 0 Å². The molecule has 0 aliphatic carbocycles. The summed E-state index contributed by atoms with van der Waals surface area (Å²) in [5.41, 5.74) is 0.696. The van der Waals surface area contributed by atoms with Gasteiger partial charge in [0.05, 0.1) is 11.6 Å². The van der Waals surface area contributed by atoms with Crippen LogP contribution in [0.5, 0.6) is 0 Å². The molecule has 0 bridgehead atoms. The minimum atomic E-state index is -0.863. The molecule has 1 heterocycles. The van der Waals surface area contributed by atoms with E-state index < -0.39 is 23.6 Å². The second-order valence-electron chi connectivity index (χ2n) is 6.38. The average Bonchev–Trinajstić information content (AvgIpc) is 2.35. The summed E-state index contributed by atoms with van der Waals surface area (Å²) in [6.07, 6.45) is -0.0581. The van der Waals surface area contributed by atoms with Gasteiger partial charge in [0.2, 0.25) is 0 Å². The molecular formula is C16H21NO4. The van der Waals surface area contributed by atoms with Crippen molar-refractivity contribution < 1.29 is 19.4 Å². The smallest absolute Gasteiger partial charge is 0.415 e. The number of rotatable bonds is 1. The van der Waals surface area contributed by atoms with Crippen molar-refractivity contribution in [3.05, 3.63) is 29.8 Å². The molecule has 1 aliphatic rings. The first-order valence-corrected chi connectivity index (χ1v) is 7.04. The van der Waals surface area contributed by atoms with Crippen LogP contribution >= 0.6 is 0 Å². The zero-order valence-corrected chi connectivity index (χ0v) is 12.8. The number of hydrogen-bond donors (Lipinski definition) is 1. The Morgan fingerprint density at radius 1 is 1.29 bits per heavy atom. The second kappa shape index (κ2) is 5.39. The number of fused-ring (bicyclic) bond motifs is 1. The third kappa shape index (κ3) is 3.17. The van der Waals surface area contributed by atoms with Crippen molar-refractivity contribution in [3.63, 3.8) is 0 Å². The first kappa shape index (κ1) is 15.4. The Kier molecular flexibility index (Phi) is 3.94. The quantitative estimate of drug-likeness (QED) is 0.861. The molecule has 1 aromatic carbocycles. The second-order valence-corrected chi connectivity index (χ2v) is 6.38. The lowest BCUT2D eigenvalue weighted by Gasteiger charge is -2.38. The topological polar surface area (TPSA) is 66.8 Å². The van der Waals surface area contributed by atoms with Crippen LogP contribution in [0.2, 0.25) is 0 Å². The van der Waals surface area contributed by atoms with Crippen molar-refractivity contribution in [3.8, 4) is 0 Å². The van der Waals surface area contributed by atoms with E-state index in [4.69, 9.17) is 4.74 Å². The number of benzene rings is 1. The molecule has 0 fully saturated rings. The van der Waals surface area contributed by atoms with Crippen LogP contribution in [0.1, 0.15) is 45.6 Å². The summed E-state index contributed by atoms with van der Waals surface area (Å²) in [6, 6.07) is 6.89. The van der Waals surface area contributed by atoms with Gasteiger partial charge in [-0.15, -0.1) is 0 Å². The number of para-hydroxylation sites is 1. The van der Waals surface area contributed by atoms with Crippen LogP contribution in [0.25, 0.3) is 0 Å². The van der Waals surface area contributed by atoms with E-state index in [-0.39, 0.29) is 6.04 Å². The van der Waals surface area contributed by atoms with Crippen molar-refractivity contribution in [2.75, 3.05) is 4.90 Å². The number of anilines is 1. The summed E-state index contributed by atoms with van der Waals surface area (Å²) in [5, 5.41) is 9.38. The highest BCUT2D eigenvalue weighted by Crippen LogP contribution is 2.39. The van der Waals surface area contributed by atoms with Gasteiger partial charge in [-0.2, -0.15) is 0 Å². The molecule has 0 radical (unpaired) electrons. The average molecular weight is 291 g/mol. The van der Waals surface area contributed by atoms with Crippen molar-refractivity contribution in [2.45, 2.75) is 51.7 Å². The van der Waals surface area contributed by atoms with E-state index in [1.165, 1.54) is 0 Å². The van der Waals surface area contributed by atoms with Crippen LogP contribution in [-0.4, -0.2) is 28.8 Å². The molecule has 1 N–H and O–H groups in total. The zero-order chi connectivity index (χ0) is 15.8. The molecule has 0 saturated carbocycles. The summed E-state index contributed by atoms with van der Waals surface area (Å²) in [5.74, 6) is -1.45. The predicted octanol–water partition coefficient (Wildman–Crippen LogP) is 3.39. The molecule has 5 heteroatoms. The number of carbonyl (C=O) groups is 2. The highest BCUT2D eigenvalue weighted by molar-refractivity contribution is 5.93. The molecule has 2 atom stereocenters. The monoisotopic (exact) mass is 291 g/mol. The normalized spacial score (nSPS) is 21.6. The maximum Gasteiger partial charge on any atom is 0.415 e. The minimum absolute atomic E-state index is 0.226.